The molecule has 1 saturated heterocycles. The molecule has 0 bridgehead atoms. The standard InChI is InChI=1S/C14H17ClN6O/c15-11-4-1-5-17-12(11)8-20-6-2-3-10(7-20)21-9-18-14(19-21)13(16)22/h1,4-5,9-10H,2-3,6-8H2,(H2,16,22). The number of hydrogen-bond donors (Lipinski definition) is 1. The maximum absolute atomic E-state index is 11.1. The molecule has 3 rings (SSSR count). The number of piperidine rings is 1. The first-order valence-electron chi connectivity index (χ1n) is 7.16. The van der Waals surface area contributed by atoms with Gasteiger partial charge in [0.25, 0.3) is 5.91 Å². The zero-order chi connectivity index (χ0) is 15.5. The molecule has 0 spiro atoms. The summed E-state index contributed by atoms with van der Waals surface area (Å²) in [7, 11) is 0. The van der Waals surface area contributed by atoms with Gasteiger partial charge in [0, 0.05) is 19.3 Å². The van der Waals surface area contributed by atoms with Gasteiger partial charge in [0.1, 0.15) is 6.33 Å². The van der Waals surface area contributed by atoms with Gasteiger partial charge >= 0.3 is 0 Å². The fourth-order valence-corrected chi connectivity index (χ4v) is 2.88. The Balaban J connectivity index is 1.68. The third kappa shape index (κ3) is 3.26. The minimum Gasteiger partial charge on any atom is -0.363 e. The lowest BCUT2D eigenvalue weighted by Crippen LogP contribution is -2.36. The Morgan fingerprint density at radius 3 is 3.05 bits per heavy atom. The highest BCUT2D eigenvalue weighted by atomic mass is 35.5. The summed E-state index contributed by atoms with van der Waals surface area (Å²) in [6.45, 7) is 2.50. The normalized spacial score (nSPS) is 19.2. The number of likely N-dealkylation sites (tertiary alicyclic amines) is 1. The van der Waals surface area contributed by atoms with Crippen molar-refractivity contribution in [1.82, 2.24) is 24.6 Å². The predicted molar refractivity (Wildman–Crippen MR) is 81.3 cm³/mol. The third-order valence-electron chi connectivity index (χ3n) is 3.79. The topological polar surface area (TPSA) is 89.9 Å². The van der Waals surface area contributed by atoms with E-state index in [9.17, 15) is 4.79 Å². The van der Waals surface area contributed by atoms with E-state index < -0.39 is 5.91 Å². The van der Waals surface area contributed by atoms with Crippen molar-refractivity contribution in [2.45, 2.75) is 25.4 Å². The lowest BCUT2D eigenvalue weighted by molar-refractivity contribution is 0.0989. The molecule has 3 heterocycles. The summed E-state index contributed by atoms with van der Waals surface area (Å²) in [5.41, 5.74) is 6.07. The summed E-state index contributed by atoms with van der Waals surface area (Å²) < 4.78 is 1.73. The summed E-state index contributed by atoms with van der Waals surface area (Å²) in [5, 5.41) is 4.84. The van der Waals surface area contributed by atoms with Gasteiger partial charge < -0.3 is 5.73 Å². The van der Waals surface area contributed by atoms with Crippen LogP contribution in [0.5, 0.6) is 0 Å². The highest BCUT2D eigenvalue weighted by molar-refractivity contribution is 6.31. The Labute approximate surface area is 133 Å². The van der Waals surface area contributed by atoms with Crippen LogP contribution < -0.4 is 5.73 Å². The van der Waals surface area contributed by atoms with E-state index in [1.807, 2.05) is 12.1 Å². The zero-order valence-electron chi connectivity index (χ0n) is 12.0. The van der Waals surface area contributed by atoms with Crippen LogP contribution in [0.1, 0.15) is 35.2 Å². The molecule has 1 unspecified atom stereocenters. The number of carbonyl (C=O) groups excluding carboxylic acids is 1. The fourth-order valence-electron chi connectivity index (χ4n) is 2.70. The van der Waals surface area contributed by atoms with E-state index in [0.717, 1.165) is 31.6 Å². The van der Waals surface area contributed by atoms with Gasteiger partial charge in [0.2, 0.25) is 5.82 Å². The van der Waals surface area contributed by atoms with Gasteiger partial charge in [0.05, 0.1) is 16.8 Å². The third-order valence-corrected chi connectivity index (χ3v) is 4.14. The predicted octanol–water partition coefficient (Wildman–Crippen LogP) is 1.26. The van der Waals surface area contributed by atoms with E-state index >= 15 is 0 Å². The number of rotatable bonds is 4. The first kappa shape index (κ1) is 14.9. The summed E-state index contributed by atoms with van der Waals surface area (Å²) in [6, 6.07) is 3.85. The highest BCUT2D eigenvalue weighted by Crippen LogP contribution is 2.23. The molecular formula is C14H17ClN6O. The van der Waals surface area contributed by atoms with Crippen molar-refractivity contribution in [3.05, 3.63) is 41.2 Å². The fraction of sp³-hybridized carbons (Fsp3) is 0.429. The quantitative estimate of drug-likeness (QED) is 0.916. The molecular weight excluding hydrogens is 304 g/mol. The Morgan fingerprint density at radius 1 is 1.45 bits per heavy atom. The summed E-state index contributed by atoms with van der Waals surface area (Å²) in [6.07, 6.45) is 5.36. The van der Waals surface area contributed by atoms with Crippen molar-refractivity contribution >= 4 is 17.5 Å². The van der Waals surface area contributed by atoms with Gasteiger partial charge in [-0.15, -0.1) is 5.10 Å². The van der Waals surface area contributed by atoms with Crippen LogP contribution in [-0.2, 0) is 6.54 Å². The maximum Gasteiger partial charge on any atom is 0.288 e. The molecule has 0 aliphatic carbocycles. The molecule has 1 aliphatic heterocycles. The Kier molecular flexibility index (Phi) is 4.35. The highest BCUT2D eigenvalue weighted by Gasteiger charge is 2.23. The van der Waals surface area contributed by atoms with Crippen LogP contribution in [0.2, 0.25) is 5.02 Å². The van der Waals surface area contributed by atoms with Crippen LogP contribution in [0.15, 0.2) is 24.7 Å². The SMILES string of the molecule is NC(=O)c1ncn(C2CCCN(Cc3ncccc3Cl)C2)n1. The smallest absolute Gasteiger partial charge is 0.288 e. The van der Waals surface area contributed by atoms with Crippen LogP contribution in [0.25, 0.3) is 0 Å². The second-order valence-corrected chi connectivity index (χ2v) is 5.78. The summed E-state index contributed by atoms with van der Waals surface area (Å²) in [4.78, 5) is 21.6. The second-order valence-electron chi connectivity index (χ2n) is 5.38. The lowest BCUT2D eigenvalue weighted by atomic mass is 10.1. The van der Waals surface area contributed by atoms with Crippen LogP contribution in [0.3, 0.4) is 0 Å². The number of carbonyl (C=O) groups is 1. The van der Waals surface area contributed by atoms with E-state index in [4.69, 9.17) is 17.3 Å². The summed E-state index contributed by atoms with van der Waals surface area (Å²) in [5.74, 6) is -0.545. The van der Waals surface area contributed by atoms with E-state index in [2.05, 4.69) is 20.0 Å². The molecule has 7 nitrogen and oxygen atoms in total. The first-order valence-corrected chi connectivity index (χ1v) is 7.54. The molecule has 1 amide bonds. The van der Waals surface area contributed by atoms with Crippen molar-refractivity contribution in [3.8, 4) is 0 Å². The molecule has 2 N–H and O–H groups in total. The number of amides is 1. The number of pyridine rings is 1. The number of halogens is 1. The lowest BCUT2D eigenvalue weighted by Gasteiger charge is -2.32. The van der Waals surface area contributed by atoms with Crippen molar-refractivity contribution in [1.29, 1.82) is 0 Å². The van der Waals surface area contributed by atoms with E-state index in [0.29, 0.717) is 11.6 Å². The van der Waals surface area contributed by atoms with Gasteiger partial charge in [-0.2, -0.15) is 0 Å². The number of aromatic nitrogens is 4. The first-order chi connectivity index (χ1) is 10.6. The molecule has 0 saturated carbocycles. The van der Waals surface area contributed by atoms with E-state index in [1.54, 1.807) is 17.2 Å². The molecule has 1 atom stereocenters. The molecule has 2 aromatic rings. The van der Waals surface area contributed by atoms with Crippen LogP contribution in [-0.4, -0.2) is 43.6 Å². The zero-order valence-corrected chi connectivity index (χ0v) is 12.8. The number of primary amides is 1. The molecule has 0 aromatic carbocycles. The second kappa shape index (κ2) is 6.41. The van der Waals surface area contributed by atoms with E-state index in [-0.39, 0.29) is 11.9 Å². The van der Waals surface area contributed by atoms with Crippen LogP contribution in [0, 0.1) is 0 Å². The molecule has 1 fully saturated rings. The Bertz CT molecular complexity index is 673. The van der Waals surface area contributed by atoms with Crippen molar-refractivity contribution in [2.75, 3.05) is 13.1 Å². The van der Waals surface area contributed by atoms with Gasteiger partial charge in [-0.3, -0.25) is 14.7 Å². The number of nitrogens with zero attached hydrogens (tertiary/aromatic N) is 5. The molecule has 8 heteroatoms. The minimum absolute atomic E-state index is 0.0601. The van der Waals surface area contributed by atoms with Gasteiger partial charge in [0.15, 0.2) is 0 Å². The van der Waals surface area contributed by atoms with Crippen molar-refractivity contribution in [2.24, 2.45) is 5.73 Å². The van der Waals surface area contributed by atoms with Crippen LogP contribution in [0.4, 0.5) is 0 Å². The molecule has 22 heavy (non-hydrogen) atoms. The number of hydrogen-bond acceptors (Lipinski definition) is 5. The van der Waals surface area contributed by atoms with Crippen LogP contribution >= 0.6 is 11.6 Å². The number of nitrogens with two attached hydrogens (primary N) is 1. The Morgan fingerprint density at radius 2 is 2.32 bits per heavy atom. The largest absolute Gasteiger partial charge is 0.363 e. The van der Waals surface area contributed by atoms with Gasteiger partial charge in [-0.25, -0.2) is 9.67 Å². The molecule has 1 aliphatic rings. The maximum atomic E-state index is 11.1. The summed E-state index contributed by atoms with van der Waals surface area (Å²) >= 11 is 6.17. The monoisotopic (exact) mass is 320 g/mol. The minimum atomic E-state index is -0.605. The van der Waals surface area contributed by atoms with Gasteiger partial charge in [-0.05, 0) is 31.5 Å². The average molecular weight is 321 g/mol. The van der Waals surface area contributed by atoms with Crippen molar-refractivity contribution < 1.29 is 4.79 Å². The molecule has 2 aromatic heterocycles. The van der Waals surface area contributed by atoms with Gasteiger partial charge in [-0.1, -0.05) is 11.6 Å². The molecule has 116 valence electrons. The average Bonchev–Trinajstić information content (AvgIpc) is 3.00. The van der Waals surface area contributed by atoms with Crippen molar-refractivity contribution in [3.63, 3.8) is 0 Å². The molecule has 0 radical (unpaired) electrons. The van der Waals surface area contributed by atoms with E-state index in [1.165, 1.54) is 0 Å². The Hall–Kier alpha value is -1.99.